The van der Waals surface area contributed by atoms with Gasteiger partial charge in [-0.3, -0.25) is 13.9 Å². The predicted molar refractivity (Wildman–Crippen MR) is 135 cm³/mol. The van der Waals surface area contributed by atoms with E-state index in [1.54, 1.807) is 31.3 Å². The Hall–Kier alpha value is -4.23. The Morgan fingerprint density at radius 3 is 2.49 bits per heavy atom. The Kier molecular flexibility index (Phi) is 7.55. The van der Waals surface area contributed by atoms with Gasteiger partial charge in [-0.05, 0) is 31.2 Å². The molecule has 0 unspecified atom stereocenters. The molecule has 4 rings (SSSR count). The van der Waals surface area contributed by atoms with Crippen molar-refractivity contribution in [3.05, 3.63) is 65.0 Å². The standard InChI is InChI=1S/C24H25N5O7S/c1-15-20(6-8-22(27-15)34-3)37(31,32)28-18-11-17(12-26-23(18)35-4)16-5-7-21-25-13-19(36-10-9-33-2)24(30)29(21)14-16/h5-8,11-14,28H,9-10H2,1-4H3. The quantitative estimate of drug-likeness (QED) is 0.305. The second-order valence-corrected chi connectivity index (χ2v) is 9.39. The van der Waals surface area contributed by atoms with E-state index in [0.29, 0.717) is 29.3 Å². The Morgan fingerprint density at radius 2 is 1.78 bits per heavy atom. The number of sulfonamides is 1. The zero-order valence-corrected chi connectivity index (χ0v) is 21.4. The van der Waals surface area contributed by atoms with Crippen molar-refractivity contribution >= 4 is 21.4 Å². The number of aromatic nitrogens is 4. The summed E-state index contributed by atoms with van der Waals surface area (Å²) in [7, 11) is 0.325. The molecule has 4 heterocycles. The number of fused-ring (bicyclic) bond motifs is 1. The van der Waals surface area contributed by atoms with Crippen LogP contribution in [0.1, 0.15) is 5.69 Å². The normalized spacial score (nSPS) is 11.4. The van der Waals surface area contributed by atoms with E-state index in [-0.39, 0.29) is 34.5 Å². The number of aryl methyl sites for hydroxylation is 1. The second kappa shape index (κ2) is 10.8. The van der Waals surface area contributed by atoms with Crippen LogP contribution in [0.2, 0.25) is 0 Å². The summed E-state index contributed by atoms with van der Waals surface area (Å²) >= 11 is 0. The molecule has 0 saturated carbocycles. The fourth-order valence-corrected chi connectivity index (χ4v) is 4.76. The van der Waals surface area contributed by atoms with E-state index in [2.05, 4.69) is 19.7 Å². The van der Waals surface area contributed by atoms with Crippen molar-refractivity contribution in [2.45, 2.75) is 11.8 Å². The third kappa shape index (κ3) is 5.47. The van der Waals surface area contributed by atoms with Gasteiger partial charge in [0.05, 0.1) is 32.7 Å². The van der Waals surface area contributed by atoms with Crippen molar-refractivity contribution < 1.29 is 27.4 Å². The molecule has 0 saturated heterocycles. The number of anilines is 1. The van der Waals surface area contributed by atoms with E-state index >= 15 is 0 Å². The summed E-state index contributed by atoms with van der Waals surface area (Å²) in [6, 6.07) is 7.83. The fourth-order valence-electron chi connectivity index (χ4n) is 3.53. The van der Waals surface area contributed by atoms with E-state index in [1.165, 1.54) is 50.3 Å². The van der Waals surface area contributed by atoms with Crippen molar-refractivity contribution in [1.29, 1.82) is 0 Å². The monoisotopic (exact) mass is 527 g/mol. The summed E-state index contributed by atoms with van der Waals surface area (Å²) in [6.45, 7) is 2.09. The molecule has 0 aliphatic carbocycles. The lowest BCUT2D eigenvalue weighted by atomic mass is 10.1. The van der Waals surface area contributed by atoms with Crippen molar-refractivity contribution in [3.8, 4) is 28.6 Å². The molecule has 0 aromatic carbocycles. The van der Waals surface area contributed by atoms with Gasteiger partial charge in [-0.1, -0.05) is 0 Å². The number of hydrogen-bond acceptors (Lipinski definition) is 10. The molecule has 13 heteroatoms. The minimum Gasteiger partial charge on any atom is -0.484 e. The number of nitrogens with zero attached hydrogens (tertiary/aromatic N) is 4. The summed E-state index contributed by atoms with van der Waals surface area (Å²) in [6.07, 6.45) is 4.45. The van der Waals surface area contributed by atoms with Gasteiger partial charge in [-0.25, -0.2) is 23.4 Å². The SMILES string of the molecule is COCCOc1cnc2ccc(-c3cnc(OC)c(NS(=O)(=O)c4ccc(OC)nc4C)c3)cn2c1=O. The highest BCUT2D eigenvalue weighted by Gasteiger charge is 2.21. The minimum absolute atomic E-state index is 0.0231. The molecule has 0 radical (unpaired) electrons. The summed E-state index contributed by atoms with van der Waals surface area (Å²) in [5.41, 5.74) is 1.51. The number of nitrogens with one attached hydrogen (secondary N) is 1. The Morgan fingerprint density at radius 1 is 0.973 bits per heavy atom. The molecule has 0 atom stereocenters. The van der Waals surface area contributed by atoms with Crippen molar-refractivity contribution in [2.24, 2.45) is 0 Å². The summed E-state index contributed by atoms with van der Waals surface area (Å²) < 4.78 is 50.9. The van der Waals surface area contributed by atoms with Gasteiger partial charge in [0, 0.05) is 36.7 Å². The fraction of sp³-hybridized carbons (Fsp3) is 0.250. The average Bonchev–Trinajstić information content (AvgIpc) is 2.89. The Labute approximate surface area is 212 Å². The van der Waals surface area contributed by atoms with Gasteiger partial charge in [-0.2, -0.15) is 0 Å². The molecule has 37 heavy (non-hydrogen) atoms. The maximum Gasteiger partial charge on any atom is 0.300 e. The topological polar surface area (TPSA) is 143 Å². The Balaban J connectivity index is 1.72. The number of methoxy groups -OCH3 is 3. The third-order valence-electron chi connectivity index (χ3n) is 5.35. The van der Waals surface area contributed by atoms with Gasteiger partial charge in [0.25, 0.3) is 15.6 Å². The number of hydrogen-bond donors (Lipinski definition) is 1. The number of ether oxygens (including phenoxy) is 4. The molecule has 194 valence electrons. The largest absolute Gasteiger partial charge is 0.484 e. The van der Waals surface area contributed by atoms with Crippen LogP contribution in [0, 0.1) is 6.92 Å². The Bertz CT molecular complexity index is 1610. The van der Waals surface area contributed by atoms with E-state index < -0.39 is 15.6 Å². The van der Waals surface area contributed by atoms with Gasteiger partial charge in [0.2, 0.25) is 17.5 Å². The highest BCUT2D eigenvalue weighted by molar-refractivity contribution is 7.92. The second-order valence-electron chi connectivity index (χ2n) is 7.74. The first kappa shape index (κ1) is 25.9. The van der Waals surface area contributed by atoms with Crippen LogP contribution in [-0.4, -0.2) is 62.3 Å². The highest BCUT2D eigenvalue weighted by atomic mass is 32.2. The van der Waals surface area contributed by atoms with Crippen molar-refractivity contribution in [2.75, 3.05) is 39.3 Å². The molecule has 12 nitrogen and oxygen atoms in total. The maximum absolute atomic E-state index is 13.2. The van der Waals surface area contributed by atoms with Gasteiger partial charge >= 0.3 is 0 Å². The molecule has 4 aromatic rings. The number of rotatable bonds is 10. The van der Waals surface area contributed by atoms with Gasteiger partial charge in [-0.15, -0.1) is 0 Å². The smallest absolute Gasteiger partial charge is 0.300 e. The van der Waals surface area contributed by atoms with Crippen LogP contribution in [0.4, 0.5) is 5.69 Å². The first-order valence-electron chi connectivity index (χ1n) is 11.0. The van der Waals surface area contributed by atoms with Crippen LogP contribution in [-0.2, 0) is 14.8 Å². The zero-order valence-electron chi connectivity index (χ0n) is 20.6. The first-order valence-corrected chi connectivity index (χ1v) is 12.5. The summed E-state index contributed by atoms with van der Waals surface area (Å²) in [5.74, 6) is 0.447. The zero-order chi connectivity index (χ0) is 26.6. The minimum atomic E-state index is -4.04. The molecule has 1 N–H and O–H groups in total. The van der Waals surface area contributed by atoms with Crippen LogP contribution in [0.15, 0.2) is 58.6 Å². The van der Waals surface area contributed by atoms with Crippen molar-refractivity contribution in [3.63, 3.8) is 0 Å². The molecule has 0 amide bonds. The van der Waals surface area contributed by atoms with E-state index in [1.807, 2.05) is 0 Å². The van der Waals surface area contributed by atoms with E-state index in [9.17, 15) is 13.2 Å². The van der Waals surface area contributed by atoms with Crippen LogP contribution in [0.5, 0.6) is 17.5 Å². The lowest BCUT2D eigenvalue weighted by molar-refractivity contribution is 0.145. The molecule has 0 fully saturated rings. The van der Waals surface area contributed by atoms with Crippen molar-refractivity contribution in [1.82, 2.24) is 19.4 Å². The molecule has 0 spiro atoms. The lowest BCUT2D eigenvalue weighted by Gasteiger charge is -2.14. The van der Waals surface area contributed by atoms with Crippen LogP contribution in [0.3, 0.4) is 0 Å². The molecular formula is C24H25N5O7S. The predicted octanol–water partition coefficient (Wildman–Crippen LogP) is 2.30. The molecule has 0 aliphatic rings. The maximum atomic E-state index is 13.2. The van der Waals surface area contributed by atoms with Gasteiger partial charge in [0.1, 0.15) is 22.8 Å². The average molecular weight is 528 g/mol. The van der Waals surface area contributed by atoms with Crippen LogP contribution >= 0.6 is 0 Å². The number of pyridine rings is 3. The summed E-state index contributed by atoms with van der Waals surface area (Å²) in [5, 5.41) is 0. The first-order chi connectivity index (χ1) is 17.8. The molecule has 0 aliphatic heterocycles. The summed E-state index contributed by atoms with van der Waals surface area (Å²) in [4.78, 5) is 25.5. The highest BCUT2D eigenvalue weighted by Crippen LogP contribution is 2.31. The third-order valence-corrected chi connectivity index (χ3v) is 6.85. The molecule has 0 bridgehead atoms. The van der Waals surface area contributed by atoms with Crippen LogP contribution in [0.25, 0.3) is 16.8 Å². The molecular weight excluding hydrogens is 502 g/mol. The van der Waals surface area contributed by atoms with Crippen LogP contribution < -0.4 is 24.5 Å². The van der Waals surface area contributed by atoms with E-state index in [0.717, 1.165) is 0 Å². The van der Waals surface area contributed by atoms with Gasteiger partial charge in [0.15, 0.2) is 0 Å². The molecule has 4 aromatic heterocycles. The van der Waals surface area contributed by atoms with Gasteiger partial charge < -0.3 is 18.9 Å². The lowest BCUT2D eigenvalue weighted by Crippen LogP contribution is -2.19. The van der Waals surface area contributed by atoms with E-state index in [4.69, 9.17) is 18.9 Å².